The molecule has 2 N–H and O–H groups in total. The fraction of sp³-hybridized carbons (Fsp3) is 0.400. The van der Waals surface area contributed by atoms with Crippen molar-refractivity contribution in [3.05, 3.63) is 65.0 Å². The first kappa shape index (κ1) is 17.9. The van der Waals surface area contributed by atoms with E-state index >= 15 is 0 Å². The third-order valence-electron chi connectivity index (χ3n) is 4.58. The van der Waals surface area contributed by atoms with Gasteiger partial charge >= 0.3 is 0 Å². The topological polar surface area (TPSA) is 44.7 Å². The van der Waals surface area contributed by atoms with Crippen LogP contribution in [0.5, 0.6) is 0 Å². The van der Waals surface area contributed by atoms with E-state index in [1.807, 2.05) is 48.2 Å². The number of nitrogens with one attached hydrogen (secondary N) is 1. The minimum Gasteiger partial charge on any atom is -0.387 e. The summed E-state index contributed by atoms with van der Waals surface area (Å²) < 4.78 is 19.7. The van der Waals surface area contributed by atoms with E-state index < -0.39 is 6.10 Å². The van der Waals surface area contributed by atoms with Crippen molar-refractivity contribution in [1.29, 1.82) is 0 Å². The number of morpholine rings is 1. The molecule has 0 saturated carbocycles. The van der Waals surface area contributed by atoms with Gasteiger partial charge in [0.1, 0.15) is 5.82 Å². The lowest BCUT2D eigenvalue weighted by Crippen LogP contribution is -2.36. The van der Waals surface area contributed by atoms with Crippen LogP contribution in [-0.2, 0) is 11.3 Å². The minimum atomic E-state index is -0.571. The Kier molecular flexibility index (Phi) is 6.02. The highest BCUT2D eigenvalue weighted by Gasteiger charge is 2.15. The fourth-order valence-corrected chi connectivity index (χ4v) is 3.14. The number of ether oxygens (including phenoxy) is 1. The number of hydrogen-bond donors (Lipinski definition) is 2. The van der Waals surface area contributed by atoms with Crippen LogP contribution in [0.25, 0.3) is 0 Å². The van der Waals surface area contributed by atoms with Crippen LogP contribution in [0, 0.1) is 12.7 Å². The quantitative estimate of drug-likeness (QED) is 0.846. The van der Waals surface area contributed by atoms with E-state index in [2.05, 4.69) is 5.32 Å². The molecule has 1 atom stereocenters. The lowest BCUT2D eigenvalue weighted by atomic mass is 10.0. The molecule has 1 fully saturated rings. The van der Waals surface area contributed by atoms with Crippen molar-refractivity contribution in [3.8, 4) is 0 Å². The maximum atomic E-state index is 14.4. The average molecular weight is 344 g/mol. The normalized spacial score (nSPS) is 16.0. The molecule has 0 aliphatic carbocycles. The molecule has 2 aromatic rings. The van der Waals surface area contributed by atoms with Crippen LogP contribution < -0.4 is 10.2 Å². The van der Waals surface area contributed by atoms with Gasteiger partial charge in [-0.3, -0.25) is 0 Å². The summed E-state index contributed by atoms with van der Waals surface area (Å²) in [7, 11) is 0. The highest BCUT2D eigenvalue weighted by Crippen LogP contribution is 2.22. The summed E-state index contributed by atoms with van der Waals surface area (Å²) in [4.78, 5) is 2.01. The summed E-state index contributed by atoms with van der Waals surface area (Å²) >= 11 is 0. The van der Waals surface area contributed by atoms with E-state index in [1.54, 1.807) is 6.07 Å². The number of hydrogen-bond acceptors (Lipinski definition) is 4. The maximum absolute atomic E-state index is 14.4. The SMILES string of the molecule is Cc1ccccc1C(O)CNCc1ccc(N2CCOCC2)c(F)c1. The molecule has 25 heavy (non-hydrogen) atoms. The van der Waals surface area contributed by atoms with Crippen LogP contribution >= 0.6 is 0 Å². The molecule has 5 heteroatoms. The van der Waals surface area contributed by atoms with E-state index in [4.69, 9.17) is 4.74 Å². The third-order valence-corrected chi connectivity index (χ3v) is 4.58. The maximum Gasteiger partial charge on any atom is 0.146 e. The van der Waals surface area contributed by atoms with Gasteiger partial charge in [0.25, 0.3) is 0 Å². The van der Waals surface area contributed by atoms with Gasteiger partial charge in [-0.25, -0.2) is 4.39 Å². The van der Waals surface area contributed by atoms with E-state index in [1.165, 1.54) is 0 Å². The standard InChI is InChI=1S/C20H25FN2O2/c1-15-4-2-3-5-17(15)20(24)14-22-13-16-6-7-19(18(21)12-16)23-8-10-25-11-9-23/h2-7,12,20,22,24H,8-11,13-14H2,1H3. The van der Waals surface area contributed by atoms with Gasteiger partial charge in [0.2, 0.25) is 0 Å². The Morgan fingerprint density at radius 1 is 1.20 bits per heavy atom. The molecule has 0 aromatic heterocycles. The molecule has 1 aliphatic rings. The summed E-state index contributed by atoms with van der Waals surface area (Å²) in [5.41, 5.74) is 3.49. The molecule has 134 valence electrons. The van der Waals surface area contributed by atoms with E-state index in [0.29, 0.717) is 32.0 Å². The molecular formula is C20H25FN2O2. The van der Waals surface area contributed by atoms with Gasteiger partial charge in [-0.2, -0.15) is 0 Å². The minimum absolute atomic E-state index is 0.208. The van der Waals surface area contributed by atoms with Crippen molar-refractivity contribution in [2.75, 3.05) is 37.7 Å². The first-order valence-corrected chi connectivity index (χ1v) is 8.70. The van der Waals surface area contributed by atoms with Crippen molar-refractivity contribution in [2.24, 2.45) is 0 Å². The molecule has 0 bridgehead atoms. The van der Waals surface area contributed by atoms with Crippen LogP contribution in [-0.4, -0.2) is 38.0 Å². The number of nitrogens with zero attached hydrogens (tertiary/aromatic N) is 1. The van der Waals surface area contributed by atoms with Crippen LogP contribution in [0.1, 0.15) is 22.8 Å². The number of benzene rings is 2. The van der Waals surface area contributed by atoms with Gasteiger partial charge in [-0.05, 0) is 35.7 Å². The number of aliphatic hydroxyl groups is 1. The number of aliphatic hydroxyl groups excluding tert-OH is 1. The van der Waals surface area contributed by atoms with Crippen LogP contribution in [0.4, 0.5) is 10.1 Å². The second-order valence-corrected chi connectivity index (χ2v) is 6.39. The first-order valence-electron chi connectivity index (χ1n) is 8.70. The zero-order valence-corrected chi connectivity index (χ0v) is 14.5. The second kappa shape index (κ2) is 8.43. The number of halogens is 1. The molecule has 0 spiro atoms. The predicted octanol–water partition coefficient (Wildman–Crippen LogP) is 2.79. The Labute approximate surface area is 148 Å². The van der Waals surface area contributed by atoms with E-state index in [0.717, 1.165) is 29.8 Å². The van der Waals surface area contributed by atoms with E-state index in [9.17, 15) is 9.50 Å². The number of anilines is 1. The van der Waals surface area contributed by atoms with Gasteiger partial charge in [0.15, 0.2) is 0 Å². The lowest BCUT2D eigenvalue weighted by Gasteiger charge is -2.29. The Hall–Kier alpha value is -1.95. The number of aryl methyl sites for hydroxylation is 1. The molecule has 0 radical (unpaired) electrons. The summed E-state index contributed by atoms with van der Waals surface area (Å²) in [5, 5.41) is 13.5. The van der Waals surface area contributed by atoms with Crippen molar-refractivity contribution in [3.63, 3.8) is 0 Å². The highest BCUT2D eigenvalue weighted by molar-refractivity contribution is 5.49. The first-order chi connectivity index (χ1) is 12.1. The number of rotatable bonds is 6. The lowest BCUT2D eigenvalue weighted by molar-refractivity contribution is 0.122. The Morgan fingerprint density at radius 3 is 2.68 bits per heavy atom. The molecule has 4 nitrogen and oxygen atoms in total. The summed E-state index contributed by atoms with van der Waals surface area (Å²) in [5.74, 6) is -0.208. The molecule has 1 aliphatic heterocycles. The van der Waals surface area contributed by atoms with Crippen LogP contribution in [0.2, 0.25) is 0 Å². The van der Waals surface area contributed by atoms with Gasteiger partial charge in [0, 0.05) is 26.2 Å². The summed E-state index contributed by atoms with van der Waals surface area (Å²) in [6.07, 6.45) is -0.571. The van der Waals surface area contributed by atoms with Gasteiger partial charge in [-0.15, -0.1) is 0 Å². The molecular weight excluding hydrogens is 319 g/mol. The largest absolute Gasteiger partial charge is 0.387 e. The third kappa shape index (κ3) is 4.57. The average Bonchev–Trinajstić information content (AvgIpc) is 2.63. The monoisotopic (exact) mass is 344 g/mol. The summed E-state index contributed by atoms with van der Waals surface area (Å²) in [6, 6.07) is 13.1. The van der Waals surface area contributed by atoms with Gasteiger partial charge in [0.05, 0.1) is 25.0 Å². The Bertz CT molecular complexity index is 702. The zero-order chi connectivity index (χ0) is 17.6. The van der Waals surface area contributed by atoms with Crippen molar-refractivity contribution in [2.45, 2.75) is 19.6 Å². The van der Waals surface area contributed by atoms with Crippen LogP contribution in [0.3, 0.4) is 0 Å². The predicted molar refractivity (Wildman–Crippen MR) is 97.3 cm³/mol. The molecule has 3 rings (SSSR count). The molecule has 1 unspecified atom stereocenters. The van der Waals surface area contributed by atoms with Crippen molar-refractivity contribution >= 4 is 5.69 Å². The van der Waals surface area contributed by atoms with Crippen molar-refractivity contribution in [1.82, 2.24) is 5.32 Å². The molecule has 0 amide bonds. The fourth-order valence-electron chi connectivity index (χ4n) is 3.14. The highest BCUT2D eigenvalue weighted by atomic mass is 19.1. The molecule has 1 saturated heterocycles. The van der Waals surface area contributed by atoms with Crippen molar-refractivity contribution < 1.29 is 14.2 Å². The Balaban J connectivity index is 1.55. The Morgan fingerprint density at radius 2 is 1.96 bits per heavy atom. The second-order valence-electron chi connectivity index (χ2n) is 6.39. The van der Waals surface area contributed by atoms with Gasteiger partial charge in [-0.1, -0.05) is 30.3 Å². The van der Waals surface area contributed by atoms with Gasteiger partial charge < -0.3 is 20.1 Å². The summed E-state index contributed by atoms with van der Waals surface area (Å²) in [6.45, 7) is 5.65. The molecule has 1 heterocycles. The van der Waals surface area contributed by atoms with E-state index in [-0.39, 0.29) is 5.82 Å². The van der Waals surface area contributed by atoms with Crippen LogP contribution in [0.15, 0.2) is 42.5 Å². The smallest absolute Gasteiger partial charge is 0.146 e. The zero-order valence-electron chi connectivity index (χ0n) is 14.5. The molecule has 2 aromatic carbocycles.